The smallest absolute Gasteiger partial charge is 0.227 e. The van der Waals surface area contributed by atoms with E-state index in [9.17, 15) is 4.79 Å². The highest BCUT2D eigenvalue weighted by molar-refractivity contribution is 5.92. The summed E-state index contributed by atoms with van der Waals surface area (Å²) in [5.74, 6) is 0.335. The van der Waals surface area contributed by atoms with Crippen molar-refractivity contribution in [2.75, 3.05) is 56.0 Å². The van der Waals surface area contributed by atoms with E-state index in [-0.39, 0.29) is 11.8 Å². The van der Waals surface area contributed by atoms with Crippen molar-refractivity contribution in [2.45, 2.75) is 19.8 Å². The number of hydrogen-bond donors (Lipinski definition) is 2. The van der Waals surface area contributed by atoms with Gasteiger partial charge in [-0.15, -0.1) is 0 Å². The molecule has 1 amide bonds. The molecule has 23 heavy (non-hydrogen) atoms. The molecular formula is C18H28N4O. The average molecular weight is 316 g/mol. The summed E-state index contributed by atoms with van der Waals surface area (Å²) < 4.78 is 0. The lowest BCUT2D eigenvalue weighted by Gasteiger charge is -2.30. The Morgan fingerprint density at radius 1 is 1.13 bits per heavy atom. The van der Waals surface area contributed by atoms with Crippen LogP contribution < -0.4 is 15.5 Å². The number of carbonyl (C=O) groups excluding carboxylic acids is 1. The molecule has 1 aromatic carbocycles. The van der Waals surface area contributed by atoms with E-state index in [4.69, 9.17) is 0 Å². The van der Waals surface area contributed by atoms with Crippen LogP contribution in [0.4, 0.5) is 11.4 Å². The van der Waals surface area contributed by atoms with Crippen LogP contribution in [0, 0.1) is 5.92 Å². The monoisotopic (exact) mass is 316 g/mol. The van der Waals surface area contributed by atoms with Crippen molar-refractivity contribution in [3.63, 3.8) is 0 Å². The number of hydrogen-bond acceptors (Lipinski definition) is 4. The van der Waals surface area contributed by atoms with Crippen molar-refractivity contribution in [1.29, 1.82) is 0 Å². The third kappa shape index (κ3) is 4.24. The summed E-state index contributed by atoms with van der Waals surface area (Å²) in [5.41, 5.74) is 2.15. The van der Waals surface area contributed by atoms with Crippen LogP contribution in [-0.4, -0.2) is 56.6 Å². The maximum Gasteiger partial charge on any atom is 0.227 e. The highest BCUT2D eigenvalue weighted by Crippen LogP contribution is 2.21. The van der Waals surface area contributed by atoms with Crippen molar-refractivity contribution < 1.29 is 4.79 Å². The van der Waals surface area contributed by atoms with Gasteiger partial charge in [0.05, 0.1) is 0 Å². The number of amides is 1. The lowest BCUT2D eigenvalue weighted by Crippen LogP contribution is -2.43. The minimum atomic E-state index is 0.158. The Labute approximate surface area is 139 Å². The van der Waals surface area contributed by atoms with Crippen molar-refractivity contribution >= 4 is 17.3 Å². The van der Waals surface area contributed by atoms with E-state index in [0.29, 0.717) is 0 Å². The topological polar surface area (TPSA) is 47.6 Å². The molecule has 0 saturated carbocycles. The van der Waals surface area contributed by atoms with Crippen molar-refractivity contribution in [3.05, 3.63) is 24.3 Å². The predicted molar refractivity (Wildman–Crippen MR) is 95.0 cm³/mol. The Morgan fingerprint density at radius 2 is 1.78 bits per heavy atom. The molecule has 0 bridgehead atoms. The maximum absolute atomic E-state index is 12.4. The quantitative estimate of drug-likeness (QED) is 0.889. The summed E-state index contributed by atoms with van der Waals surface area (Å²) in [6.07, 6.45) is 1.94. The van der Waals surface area contributed by atoms with Gasteiger partial charge in [0.25, 0.3) is 0 Å². The number of piperidine rings is 1. The molecule has 2 N–H and O–H groups in total. The van der Waals surface area contributed by atoms with Crippen molar-refractivity contribution in [1.82, 2.24) is 10.2 Å². The fourth-order valence-electron chi connectivity index (χ4n) is 3.43. The molecule has 0 aliphatic carbocycles. The van der Waals surface area contributed by atoms with Crippen LogP contribution in [0.2, 0.25) is 0 Å². The minimum Gasteiger partial charge on any atom is -0.369 e. The van der Waals surface area contributed by atoms with Gasteiger partial charge in [0, 0.05) is 43.5 Å². The zero-order valence-corrected chi connectivity index (χ0v) is 14.1. The normalized spacial score (nSPS) is 20.5. The number of nitrogens with zero attached hydrogens (tertiary/aromatic N) is 2. The van der Waals surface area contributed by atoms with Crippen LogP contribution in [0.15, 0.2) is 24.3 Å². The fraction of sp³-hybridized carbons (Fsp3) is 0.611. The van der Waals surface area contributed by atoms with E-state index < -0.39 is 0 Å². The van der Waals surface area contributed by atoms with Crippen LogP contribution in [-0.2, 0) is 4.79 Å². The zero-order valence-electron chi connectivity index (χ0n) is 14.1. The number of likely N-dealkylation sites (tertiary alicyclic amines) is 1. The van der Waals surface area contributed by atoms with Gasteiger partial charge < -0.3 is 20.4 Å². The lowest BCUT2D eigenvalue weighted by atomic mass is 9.96. The first kappa shape index (κ1) is 16.3. The largest absolute Gasteiger partial charge is 0.369 e. The highest BCUT2D eigenvalue weighted by Gasteiger charge is 2.24. The van der Waals surface area contributed by atoms with Gasteiger partial charge in [0.1, 0.15) is 0 Å². The van der Waals surface area contributed by atoms with Crippen LogP contribution in [0.3, 0.4) is 0 Å². The molecule has 2 aliphatic rings. The van der Waals surface area contributed by atoms with E-state index in [2.05, 4.69) is 39.5 Å². The molecule has 0 radical (unpaired) electrons. The zero-order chi connectivity index (χ0) is 16.1. The Morgan fingerprint density at radius 3 is 2.39 bits per heavy atom. The number of anilines is 2. The lowest BCUT2D eigenvalue weighted by molar-refractivity contribution is -0.121. The van der Waals surface area contributed by atoms with Gasteiger partial charge in [0.2, 0.25) is 5.91 Å². The maximum atomic E-state index is 12.4. The van der Waals surface area contributed by atoms with Gasteiger partial charge >= 0.3 is 0 Å². The third-order valence-corrected chi connectivity index (χ3v) is 5.02. The van der Waals surface area contributed by atoms with E-state index in [1.807, 2.05) is 12.1 Å². The molecule has 126 valence electrons. The van der Waals surface area contributed by atoms with Crippen LogP contribution in [0.5, 0.6) is 0 Å². The van der Waals surface area contributed by atoms with E-state index in [1.54, 1.807) is 0 Å². The van der Waals surface area contributed by atoms with Crippen molar-refractivity contribution in [3.8, 4) is 0 Å². The number of carbonyl (C=O) groups is 1. The Kier molecular flexibility index (Phi) is 5.51. The molecule has 0 aromatic heterocycles. The molecule has 1 aromatic rings. The van der Waals surface area contributed by atoms with Gasteiger partial charge in [-0.3, -0.25) is 4.79 Å². The first-order valence-corrected chi connectivity index (χ1v) is 8.85. The first-order valence-electron chi connectivity index (χ1n) is 8.85. The molecule has 3 rings (SSSR count). The van der Waals surface area contributed by atoms with Gasteiger partial charge in [-0.2, -0.15) is 0 Å². The molecule has 5 nitrogen and oxygen atoms in total. The SMILES string of the molecule is CCN1CCC(C(=O)Nc2ccc(N3CCNCC3)cc2)CC1. The van der Waals surface area contributed by atoms with E-state index >= 15 is 0 Å². The third-order valence-electron chi connectivity index (χ3n) is 5.02. The average Bonchev–Trinajstić information content (AvgIpc) is 2.63. The van der Waals surface area contributed by atoms with E-state index in [0.717, 1.165) is 64.3 Å². The molecule has 5 heteroatoms. The van der Waals surface area contributed by atoms with E-state index in [1.165, 1.54) is 5.69 Å². The Bertz CT molecular complexity index is 502. The highest BCUT2D eigenvalue weighted by atomic mass is 16.1. The molecule has 0 atom stereocenters. The predicted octanol–water partition coefficient (Wildman–Crippen LogP) is 1.77. The molecular weight excluding hydrogens is 288 g/mol. The summed E-state index contributed by atoms with van der Waals surface area (Å²) in [6.45, 7) is 9.50. The molecule has 2 aliphatic heterocycles. The van der Waals surface area contributed by atoms with Gasteiger partial charge in [-0.1, -0.05) is 6.92 Å². The van der Waals surface area contributed by atoms with Crippen LogP contribution >= 0.6 is 0 Å². The minimum absolute atomic E-state index is 0.158. The fourth-order valence-corrected chi connectivity index (χ4v) is 3.43. The number of piperazine rings is 1. The summed E-state index contributed by atoms with van der Waals surface area (Å²) in [5, 5.41) is 6.45. The van der Waals surface area contributed by atoms with Crippen LogP contribution in [0.1, 0.15) is 19.8 Å². The number of nitrogens with one attached hydrogen (secondary N) is 2. The molecule has 2 heterocycles. The summed E-state index contributed by atoms with van der Waals surface area (Å²) >= 11 is 0. The first-order chi connectivity index (χ1) is 11.3. The second-order valence-electron chi connectivity index (χ2n) is 6.48. The second kappa shape index (κ2) is 7.79. The Hall–Kier alpha value is -1.59. The van der Waals surface area contributed by atoms with Crippen LogP contribution in [0.25, 0.3) is 0 Å². The van der Waals surface area contributed by atoms with Crippen molar-refractivity contribution in [2.24, 2.45) is 5.92 Å². The summed E-state index contributed by atoms with van der Waals surface area (Å²) in [7, 11) is 0. The Balaban J connectivity index is 1.52. The summed E-state index contributed by atoms with van der Waals surface area (Å²) in [4.78, 5) is 17.2. The molecule has 0 unspecified atom stereocenters. The number of benzene rings is 1. The summed E-state index contributed by atoms with van der Waals surface area (Å²) in [6, 6.07) is 8.27. The van der Waals surface area contributed by atoms with Gasteiger partial charge in [0.15, 0.2) is 0 Å². The molecule has 2 fully saturated rings. The van der Waals surface area contributed by atoms with Gasteiger partial charge in [-0.05, 0) is 56.7 Å². The molecule has 0 spiro atoms. The standard InChI is InChI=1S/C18H28N4O/c1-2-21-11-7-15(8-12-21)18(23)20-16-3-5-17(6-4-16)22-13-9-19-10-14-22/h3-6,15,19H,2,7-14H2,1H3,(H,20,23). The van der Waals surface area contributed by atoms with Gasteiger partial charge in [-0.25, -0.2) is 0 Å². The molecule has 2 saturated heterocycles. The second-order valence-corrected chi connectivity index (χ2v) is 6.48. The number of rotatable bonds is 4.